The van der Waals surface area contributed by atoms with Crippen LogP contribution in [0.3, 0.4) is 0 Å². The molecule has 1 amide bonds. The van der Waals surface area contributed by atoms with Crippen molar-refractivity contribution in [3.05, 3.63) is 45.2 Å². The molecule has 0 saturated heterocycles. The van der Waals surface area contributed by atoms with Gasteiger partial charge in [0.2, 0.25) is 0 Å². The lowest BCUT2D eigenvalue weighted by atomic mass is 10.2. The Kier molecular flexibility index (Phi) is 4.43. The smallest absolute Gasteiger partial charge is 0.267 e. The van der Waals surface area contributed by atoms with Crippen LogP contribution in [0.4, 0.5) is 11.4 Å². The summed E-state index contributed by atoms with van der Waals surface area (Å²) in [6, 6.07) is 5.36. The van der Waals surface area contributed by atoms with E-state index in [9.17, 15) is 4.79 Å². The number of hydrogen-bond acceptors (Lipinski definition) is 5. The molecule has 2 heterocycles. The van der Waals surface area contributed by atoms with Crippen LogP contribution in [0.5, 0.6) is 0 Å². The maximum Gasteiger partial charge on any atom is 0.267 e. The number of nitrogens with zero attached hydrogens (tertiary/aromatic N) is 2. The molecule has 5 nitrogen and oxygen atoms in total. The average Bonchev–Trinajstić information content (AvgIpc) is 2.88. The van der Waals surface area contributed by atoms with E-state index in [4.69, 9.17) is 17.3 Å². The van der Waals surface area contributed by atoms with Crippen LogP contribution < -0.4 is 11.1 Å². The zero-order valence-corrected chi connectivity index (χ0v) is 15.2. The Balaban J connectivity index is 2.02. The second-order valence-corrected chi connectivity index (χ2v) is 6.95. The maximum absolute atomic E-state index is 12.7. The summed E-state index contributed by atoms with van der Waals surface area (Å²) in [5, 5.41) is 4.20. The Bertz CT molecular complexity index is 951. The Morgan fingerprint density at radius 3 is 2.79 bits per heavy atom. The van der Waals surface area contributed by atoms with Crippen LogP contribution in [0.1, 0.15) is 33.7 Å². The van der Waals surface area contributed by atoms with Crippen molar-refractivity contribution >= 4 is 50.4 Å². The molecule has 0 aliphatic carbocycles. The first-order valence-corrected chi connectivity index (χ1v) is 8.73. The predicted molar refractivity (Wildman–Crippen MR) is 100 cm³/mol. The van der Waals surface area contributed by atoms with Crippen LogP contribution in [0.15, 0.2) is 18.2 Å². The maximum atomic E-state index is 12.7. The molecule has 2 aromatic heterocycles. The van der Waals surface area contributed by atoms with E-state index < -0.39 is 0 Å². The summed E-state index contributed by atoms with van der Waals surface area (Å²) < 4.78 is 0. The van der Waals surface area contributed by atoms with Gasteiger partial charge in [0.15, 0.2) is 0 Å². The lowest BCUT2D eigenvalue weighted by molar-refractivity contribution is 0.103. The second-order valence-electron chi connectivity index (χ2n) is 5.52. The van der Waals surface area contributed by atoms with Gasteiger partial charge in [0.05, 0.1) is 16.8 Å². The van der Waals surface area contributed by atoms with E-state index in [2.05, 4.69) is 15.3 Å². The molecule has 0 fully saturated rings. The van der Waals surface area contributed by atoms with Gasteiger partial charge in [-0.2, -0.15) is 0 Å². The third kappa shape index (κ3) is 2.95. The number of anilines is 2. The van der Waals surface area contributed by atoms with Crippen molar-refractivity contribution < 1.29 is 4.79 Å². The van der Waals surface area contributed by atoms with Crippen LogP contribution >= 0.6 is 22.9 Å². The van der Waals surface area contributed by atoms with Gasteiger partial charge in [-0.05, 0) is 31.5 Å². The number of fused-ring (bicyclic) bond motifs is 1. The molecule has 0 aliphatic heterocycles. The lowest BCUT2D eigenvalue weighted by Crippen LogP contribution is -2.12. The topological polar surface area (TPSA) is 80.9 Å². The van der Waals surface area contributed by atoms with Gasteiger partial charge in [-0.15, -0.1) is 11.3 Å². The number of nitrogens with one attached hydrogen (secondary N) is 1. The number of aryl methyl sites for hydroxylation is 3. The van der Waals surface area contributed by atoms with Gasteiger partial charge in [-0.1, -0.05) is 24.6 Å². The molecule has 0 aliphatic rings. The number of nitrogens with two attached hydrogens (primary N) is 1. The highest BCUT2D eigenvalue weighted by Crippen LogP contribution is 2.35. The van der Waals surface area contributed by atoms with E-state index in [1.165, 1.54) is 11.3 Å². The van der Waals surface area contributed by atoms with Crippen molar-refractivity contribution in [2.75, 3.05) is 11.1 Å². The molecule has 0 spiro atoms. The van der Waals surface area contributed by atoms with Crippen LogP contribution in [-0.4, -0.2) is 15.9 Å². The molecule has 0 saturated carbocycles. The number of aromatic nitrogens is 2. The highest BCUT2D eigenvalue weighted by molar-refractivity contribution is 7.21. The molecule has 24 heavy (non-hydrogen) atoms. The Hall–Kier alpha value is -2.18. The molecular formula is C17H17ClN4OS. The van der Waals surface area contributed by atoms with Gasteiger partial charge in [-0.25, -0.2) is 9.97 Å². The van der Waals surface area contributed by atoms with Crippen molar-refractivity contribution in [3.63, 3.8) is 0 Å². The first kappa shape index (κ1) is 16.7. The zero-order chi connectivity index (χ0) is 17.4. The lowest BCUT2D eigenvalue weighted by Gasteiger charge is -2.08. The minimum atomic E-state index is -0.265. The molecule has 3 N–H and O–H groups in total. The van der Waals surface area contributed by atoms with Gasteiger partial charge < -0.3 is 11.1 Å². The number of halogens is 1. The summed E-state index contributed by atoms with van der Waals surface area (Å²) in [4.78, 5) is 22.8. The van der Waals surface area contributed by atoms with Crippen LogP contribution in [0.25, 0.3) is 10.2 Å². The van der Waals surface area contributed by atoms with Crippen molar-refractivity contribution in [1.82, 2.24) is 9.97 Å². The number of nitrogen functional groups attached to an aromatic ring is 1. The fourth-order valence-electron chi connectivity index (χ4n) is 2.49. The molecule has 3 rings (SSSR count). The van der Waals surface area contributed by atoms with Crippen LogP contribution in [0.2, 0.25) is 5.02 Å². The molecule has 0 radical (unpaired) electrons. The third-order valence-corrected chi connectivity index (χ3v) is 5.12. The van der Waals surface area contributed by atoms with E-state index in [-0.39, 0.29) is 5.91 Å². The van der Waals surface area contributed by atoms with E-state index in [0.29, 0.717) is 21.3 Å². The van der Waals surface area contributed by atoms with Crippen LogP contribution in [0, 0.1) is 13.8 Å². The number of amides is 1. The van der Waals surface area contributed by atoms with E-state index >= 15 is 0 Å². The highest BCUT2D eigenvalue weighted by atomic mass is 35.5. The summed E-state index contributed by atoms with van der Waals surface area (Å²) in [5.41, 5.74) is 9.01. The number of carbonyl (C=O) groups excluding carboxylic acids is 1. The highest BCUT2D eigenvalue weighted by Gasteiger charge is 2.20. The van der Waals surface area contributed by atoms with Gasteiger partial charge in [-0.3, -0.25) is 4.79 Å². The van der Waals surface area contributed by atoms with Crippen molar-refractivity contribution in [2.24, 2.45) is 0 Å². The van der Waals surface area contributed by atoms with Gasteiger partial charge >= 0.3 is 0 Å². The zero-order valence-electron chi connectivity index (χ0n) is 13.6. The quantitative estimate of drug-likeness (QED) is 0.727. The van der Waals surface area contributed by atoms with Gasteiger partial charge in [0.25, 0.3) is 5.91 Å². The van der Waals surface area contributed by atoms with Gasteiger partial charge in [0.1, 0.15) is 15.5 Å². The van der Waals surface area contributed by atoms with E-state index in [1.807, 2.05) is 26.8 Å². The largest absolute Gasteiger partial charge is 0.397 e. The number of rotatable bonds is 3. The number of hydrogen-bond donors (Lipinski definition) is 2. The van der Waals surface area contributed by atoms with Crippen LogP contribution in [-0.2, 0) is 6.42 Å². The Morgan fingerprint density at radius 2 is 2.08 bits per heavy atom. The van der Waals surface area contributed by atoms with E-state index in [1.54, 1.807) is 12.1 Å². The number of benzene rings is 1. The number of thiophene rings is 1. The fourth-order valence-corrected chi connectivity index (χ4v) is 3.72. The fraction of sp³-hybridized carbons (Fsp3) is 0.235. The molecule has 7 heteroatoms. The summed E-state index contributed by atoms with van der Waals surface area (Å²) in [5.74, 6) is 0.484. The SMILES string of the molecule is CCc1nc(C)c2c(N)c(C(=O)Nc3cc(Cl)ccc3C)sc2n1. The monoisotopic (exact) mass is 360 g/mol. The van der Waals surface area contributed by atoms with Crippen molar-refractivity contribution in [3.8, 4) is 0 Å². The first-order valence-electron chi connectivity index (χ1n) is 7.53. The number of carbonyl (C=O) groups is 1. The normalized spacial score (nSPS) is 11.0. The van der Waals surface area contributed by atoms with E-state index in [0.717, 1.165) is 33.7 Å². The molecule has 124 valence electrons. The van der Waals surface area contributed by atoms with Crippen molar-refractivity contribution in [1.29, 1.82) is 0 Å². The van der Waals surface area contributed by atoms with Crippen molar-refractivity contribution in [2.45, 2.75) is 27.2 Å². The minimum absolute atomic E-state index is 0.265. The Labute approximate surface area is 148 Å². The molecule has 0 bridgehead atoms. The summed E-state index contributed by atoms with van der Waals surface area (Å²) in [6.07, 6.45) is 0.734. The summed E-state index contributed by atoms with van der Waals surface area (Å²) in [6.45, 7) is 5.78. The summed E-state index contributed by atoms with van der Waals surface area (Å²) >= 11 is 7.29. The molecular weight excluding hydrogens is 344 g/mol. The standard InChI is InChI=1S/C17H17ClN4OS/c1-4-12-20-9(3)13-14(19)15(24-17(13)22-12)16(23)21-11-7-10(18)6-5-8(11)2/h5-7H,4,19H2,1-3H3,(H,21,23). The minimum Gasteiger partial charge on any atom is -0.397 e. The summed E-state index contributed by atoms with van der Waals surface area (Å²) in [7, 11) is 0. The average molecular weight is 361 g/mol. The van der Waals surface area contributed by atoms with Gasteiger partial charge in [0, 0.05) is 17.1 Å². The molecule has 0 unspecified atom stereocenters. The molecule has 1 aromatic carbocycles. The third-order valence-electron chi connectivity index (χ3n) is 3.79. The molecule has 3 aromatic rings. The Morgan fingerprint density at radius 1 is 1.33 bits per heavy atom. The first-order chi connectivity index (χ1) is 11.4. The second kappa shape index (κ2) is 6.37. The predicted octanol–water partition coefficient (Wildman–Crippen LogP) is 4.36. The molecule has 0 atom stereocenters.